The smallest absolute Gasteiger partial charge is 0.435 e. The van der Waals surface area contributed by atoms with Gasteiger partial charge in [0.1, 0.15) is 0 Å². The van der Waals surface area contributed by atoms with Crippen LogP contribution < -0.4 is 0 Å². The molecular weight excluding hydrogens is 239 g/mol. The van der Waals surface area contributed by atoms with Crippen LogP contribution in [0.4, 0.5) is 13.2 Å². The summed E-state index contributed by atoms with van der Waals surface area (Å²) in [5, 5.41) is 15.0. The van der Waals surface area contributed by atoms with Crippen LogP contribution in [0.5, 0.6) is 0 Å². The molecule has 1 heterocycles. The zero-order valence-corrected chi connectivity index (χ0v) is 9.49. The molecule has 0 saturated carbocycles. The first-order chi connectivity index (χ1) is 7.66. The molecule has 1 aromatic rings. The van der Waals surface area contributed by atoms with Gasteiger partial charge in [-0.05, 0) is 12.8 Å². The summed E-state index contributed by atoms with van der Waals surface area (Å²) >= 11 is 0. The number of hydrogen-bond acceptors (Lipinski definition) is 3. The zero-order valence-electron chi connectivity index (χ0n) is 9.49. The number of hydrogen-bond donors (Lipinski definition) is 1. The van der Waals surface area contributed by atoms with Crippen LogP contribution in [0.25, 0.3) is 0 Å². The Bertz CT molecular complexity index is 426. The Hall–Kier alpha value is -1.60. The molecule has 17 heavy (non-hydrogen) atoms. The van der Waals surface area contributed by atoms with Crippen molar-refractivity contribution in [2.75, 3.05) is 0 Å². The molecule has 1 unspecified atom stereocenters. The quantitative estimate of drug-likeness (QED) is 0.894. The van der Waals surface area contributed by atoms with Crippen molar-refractivity contribution >= 4 is 5.97 Å². The lowest BCUT2D eigenvalue weighted by molar-refractivity contribution is -0.145. The minimum Gasteiger partial charge on any atom is -0.476 e. The van der Waals surface area contributed by atoms with E-state index in [0.717, 1.165) is 0 Å². The SMILES string of the molecule is CC(C)C(C)n1nnc(C(=O)O)c1C(F)(F)F. The molecule has 0 radical (unpaired) electrons. The van der Waals surface area contributed by atoms with Crippen LogP contribution in [0, 0.1) is 5.92 Å². The van der Waals surface area contributed by atoms with E-state index in [2.05, 4.69) is 10.3 Å². The highest BCUT2D eigenvalue weighted by molar-refractivity contribution is 5.86. The van der Waals surface area contributed by atoms with E-state index < -0.39 is 29.6 Å². The third-order valence-electron chi connectivity index (χ3n) is 2.52. The summed E-state index contributed by atoms with van der Waals surface area (Å²) in [7, 11) is 0. The molecule has 0 aliphatic heterocycles. The van der Waals surface area contributed by atoms with E-state index in [1.807, 2.05) is 0 Å². The van der Waals surface area contributed by atoms with Crippen molar-refractivity contribution in [1.29, 1.82) is 0 Å². The van der Waals surface area contributed by atoms with Gasteiger partial charge in [0.2, 0.25) is 5.69 Å². The van der Waals surface area contributed by atoms with Gasteiger partial charge >= 0.3 is 12.1 Å². The van der Waals surface area contributed by atoms with Gasteiger partial charge in [0.05, 0.1) is 6.04 Å². The molecule has 0 aromatic carbocycles. The Morgan fingerprint density at radius 2 is 1.88 bits per heavy atom. The van der Waals surface area contributed by atoms with Crippen LogP contribution in [0.15, 0.2) is 0 Å². The van der Waals surface area contributed by atoms with Gasteiger partial charge in [-0.25, -0.2) is 9.48 Å². The summed E-state index contributed by atoms with van der Waals surface area (Å²) < 4.78 is 38.9. The number of nitrogens with zero attached hydrogens (tertiary/aromatic N) is 3. The van der Waals surface area contributed by atoms with Gasteiger partial charge in [0.25, 0.3) is 0 Å². The highest BCUT2D eigenvalue weighted by Crippen LogP contribution is 2.33. The van der Waals surface area contributed by atoms with E-state index in [0.29, 0.717) is 4.68 Å². The van der Waals surface area contributed by atoms with Crippen molar-refractivity contribution < 1.29 is 23.1 Å². The number of carbonyl (C=O) groups is 1. The lowest BCUT2D eigenvalue weighted by Gasteiger charge is -2.19. The fourth-order valence-electron chi connectivity index (χ4n) is 1.27. The van der Waals surface area contributed by atoms with Crippen molar-refractivity contribution in [3.05, 3.63) is 11.4 Å². The molecule has 0 fully saturated rings. The number of carboxylic acid groups (broad SMARTS) is 1. The standard InChI is InChI=1S/C9H12F3N3O2/c1-4(2)5(3)15-7(9(10,11)12)6(8(16)17)13-14-15/h4-5H,1-3H3,(H,16,17). The van der Waals surface area contributed by atoms with Crippen LogP contribution in [-0.4, -0.2) is 26.1 Å². The summed E-state index contributed by atoms with van der Waals surface area (Å²) in [5.41, 5.74) is -2.38. The van der Waals surface area contributed by atoms with Crippen molar-refractivity contribution in [1.82, 2.24) is 15.0 Å². The van der Waals surface area contributed by atoms with E-state index in [4.69, 9.17) is 5.11 Å². The molecule has 0 saturated heterocycles. The average molecular weight is 251 g/mol. The van der Waals surface area contributed by atoms with Crippen molar-refractivity contribution in [3.8, 4) is 0 Å². The van der Waals surface area contributed by atoms with Crippen molar-refractivity contribution in [2.45, 2.75) is 33.0 Å². The minimum atomic E-state index is -4.79. The molecule has 0 bridgehead atoms. The first-order valence-electron chi connectivity index (χ1n) is 4.92. The highest BCUT2D eigenvalue weighted by Gasteiger charge is 2.42. The van der Waals surface area contributed by atoms with E-state index >= 15 is 0 Å². The van der Waals surface area contributed by atoms with Crippen LogP contribution >= 0.6 is 0 Å². The average Bonchev–Trinajstić information content (AvgIpc) is 2.59. The number of carboxylic acids is 1. The number of rotatable bonds is 3. The monoisotopic (exact) mass is 251 g/mol. The topological polar surface area (TPSA) is 68.0 Å². The predicted octanol–water partition coefficient (Wildman–Crippen LogP) is 2.21. The third-order valence-corrected chi connectivity index (χ3v) is 2.52. The molecular formula is C9H12F3N3O2. The van der Waals surface area contributed by atoms with Crippen LogP contribution in [0.1, 0.15) is 43.0 Å². The lowest BCUT2D eigenvalue weighted by atomic mass is 10.1. The summed E-state index contributed by atoms with van der Waals surface area (Å²) in [6.07, 6.45) is -4.79. The number of alkyl halides is 3. The molecule has 0 amide bonds. The fraction of sp³-hybridized carbons (Fsp3) is 0.667. The van der Waals surface area contributed by atoms with Crippen molar-refractivity contribution in [3.63, 3.8) is 0 Å². The molecule has 8 heteroatoms. The molecule has 5 nitrogen and oxygen atoms in total. The van der Waals surface area contributed by atoms with E-state index in [-0.39, 0.29) is 5.92 Å². The maximum Gasteiger partial charge on any atom is 0.435 e. The molecule has 1 rings (SSSR count). The van der Waals surface area contributed by atoms with E-state index in [1.54, 1.807) is 13.8 Å². The second-order valence-corrected chi connectivity index (χ2v) is 4.02. The van der Waals surface area contributed by atoms with Crippen LogP contribution in [0.3, 0.4) is 0 Å². The number of aromatic nitrogens is 3. The van der Waals surface area contributed by atoms with E-state index in [9.17, 15) is 18.0 Å². The van der Waals surface area contributed by atoms with Gasteiger partial charge < -0.3 is 5.11 Å². The Labute approximate surface area is 95.2 Å². The van der Waals surface area contributed by atoms with Gasteiger partial charge in [0, 0.05) is 0 Å². The molecule has 1 N–H and O–H groups in total. The van der Waals surface area contributed by atoms with Gasteiger partial charge in [-0.15, -0.1) is 5.10 Å². The first-order valence-corrected chi connectivity index (χ1v) is 4.92. The second-order valence-electron chi connectivity index (χ2n) is 4.02. The third kappa shape index (κ3) is 2.56. The molecule has 0 spiro atoms. The zero-order chi connectivity index (χ0) is 13.4. The van der Waals surface area contributed by atoms with Gasteiger partial charge in [0.15, 0.2) is 5.69 Å². The van der Waals surface area contributed by atoms with Gasteiger partial charge in [-0.1, -0.05) is 19.1 Å². The Morgan fingerprint density at radius 1 is 1.35 bits per heavy atom. The van der Waals surface area contributed by atoms with Crippen LogP contribution in [0.2, 0.25) is 0 Å². The minimum absolute atomic E-state index is 0.126. The number of halogens is 3. The van der Waals surface area contributed by atoms with E-state index in [1.165, 1.54) is 6.92 Å². The molecule has 1 atom stereocenters. The highest BCUT2D eigenvalue weighted by atomic mass is 19.4. The Kier molecular flexibility index (Phi) is 3.44. The lowest BCUT2D eigenvalue weighted by Crippen LogP contribution is -2.23. The maximum atomic E-state index is 12.8. The van der Waals surface area contributed by atoms with Crippen LogP contribution in [-0.2, 0) is 6.18 Å². The maximum absolute atomic E-state index is 12.8. The summed E-state index contributed by atoms with van der Waals surface area (Å²) in [6, 6.07) is -0.591. The largest absolute Gasteiger partial charge is 0.476 e. The summed E-state index contributed by atoms with van der Waals surface area (Å²) in [5.74, 6) is -1.86. The van der Waals surface area contributed by atoms with Crippen molar-refractivity contribution in [2.24, 2.45) is 5.92 Å². The van der Waals surface area contributed by atoms with Gasteiger partial charge in [-0.2, -0.15) is 13.2 Å². The molecule has 96 valence electrons. The molecule has 1 aromatic heterocycles. The first kappa shape index (κ1) is 13.5. The Morgan fingerprint density at radius 3 is 2.24 bits per heavy atom. The summed E-state index contributed by atoms with van der Waals surface area (Å²) in [4.78, 5) is 10.7. The van der Waals surface area contributed by atoms with Gasteiger partial charge in [-0.3, -0.25) is 0 Å². The summed E-state index contributed by atoms with van der Waals surface area (Å²) in [6.45, 7) is 4.96. The number of aromatic carboxylic acids is 1. The molecule has 0 aliphatic rings. The molecule has 0 aliphatic carbocycles. The Balaban J connectivity index is 3.38. The normalized spacial score (nSPS) is 14.1. The fourth-order valence-corrected chi connectivity index (χ4v) is 1.27. The predicted molar refractivity (Wildman–Crippen MR) is 51.5 cm³/mol. The second kappa shape index (κ2) is 4.34.